The maximum atomic E-state index is 12.4. The number of amides is 1. The zero-order valence-corrected chi connectivity index (χ0v) is 13.2. The van der Waals surface area contributed by atoms with E-state index in [9.17, 15) is 4.79 Å². The van der Waals surface area contributed by atoms with Crippen LogP contribution in [0.15, 0.2) is 35.4 Å². The van der Waals surface area contributed by atoms with Gasteiger partial charge in [0, 0.05) is 31.6 Å². The van der Waals surface area contributed by atoms with Gasteiger partial charge in [-0.2, -0.15) is 0 Å². The van der Waals surface area contributed by atoms with E-state index in [4.69, 9.17) is 9.26 Å². The number of carbonyl (C=O) groups is 1. The van der Waals surface area contributed by atoms with Gasteiger partial charge < -0.3 is 19.5 Å². The molecule has 2 saturated heterocycles. The Morgan fingerprint density at radius 3 is 3.04 bits per heavy atom. The number of ether oxygens (including phenoxy) is 1. The highest BCUT2D eigenvalue weighted by Gasteiger charge is 2.45. The molecule has 8 nitrogen and oxygen atoms in total. The Kier molecular flexibility index (Phi) is 3.89. The van der Waals surface area contributed by atoms with Gasteiger partial charge in [-0.25, -0.2) is 9.97 Å². The van der Waals surface area contributed by atoms with Crippen molar-refractivity contribution in [2.75, 3.05) is 25.0 Å². The number of carbonyl (C=O) groups excluding carboxylic acids is 1. The minimum atomic E-state index is -0.294. The Bertz CT molecular complexity index is 693. The average molecular weight is 329 g/mol. The molecule has 2 aliphatic heterocycles. The van der Waals surface area contributed by atoms with Crippen molar-refractivity contribution in [3.63, 3.8) is 0 Å². The lowest BCUT2D eigenvalue weighted by Gasteiger charge is -2.38. The summed E-state index contributed by atoms with van der Waals surface area (Å²) >= 11 is 0. The number of nitrogens with one attached hydrogen (secondary N) is 1. The van der Waals surface area contributed by atoms with Crippen molar-refractivity contribution in [3.05, 3.63) is 36.5 Å². The Balaban J connectivity index is 1.41. The van der Waals surface area contributed by atoms with Gasteiger partial charge in [-0.3, -0.25) is 4.79 Å². The number of anilines is 1. The van der Waals surface area contributed by atoms with Gasteiger partial charge in [-0.15, -0.1) is 0 Å². The molecule has 0 radical (unpaired) electrons. The summed E-state index contributed by atoms with van der Waals surface area (Å²) in [6.07, 6.45) is 8.84. The number of rotatable bonds is 3. The van der Waals surface area contributed by atoms with E-state index in [2.05, 4.69) is 20.4 Å². The van der Waals surface area contributed by atoms with Gasteiger partial charge in [-0.05, 0) is 25.3 Å². The quantitative estimate of drug-likeness (QED) is 0.908. The molecule has 0 aromatic carbocycles. The summed E-state index contributed by atoms with van der Waals surface area (Å²) in [5.41, 5.74) is 0.188. The molecular formula is C16H19N5O3. The van der Waals surface area contributed by atoms with E-state index in [-0.39, 0.29) is 17.6 Å². The molecule has 2 atom stereocenters. The van der Waals surface area contributed by atoms with Crippen LogP contribution in [0.2, 0.25) is 0 Å². The first-order valence-electron chi connectivity index (χ1n) is 8.10. The third-order valence-corrected chi connectivity index (χ3v) is 4.67. The molecule has 8 heteroatoms. The lowest BCUT2D eigenvalue weighted by atomic mass is 9.89. The first-order valence-corrected chi connectivity index (χ1v) is 8.10. The monoisotopic (exact) mass is 329 g/mol. The Hall–Kier alpha value is -2.48. The Morgan fingerprint density at radius 1 is 1.38 bits per heavy atom. The predicted molar refractivity (Wildman–Crippen MR) is 84.4 cm³/mol. The number of nitrogens with zero attached hydrogens (tertiary/aromatic N) is 4. The molecule has 4 heterocycles. The van der Waals surface area contributed by atoms with Gasteiger partial charge in [0.15, 0.2) is 0 Å². The fourth-order valence-corrected chi connectivity index (χ4v) is 3.50. The van der Waals surface area contributed by atoms with Crippen molar-refractivity contribution in [1.29, 1.82) is 0 Å². The highest BCUT2D eigenvalue weighted by Crippen LogP contribution is 2.35. The van der Waals surface area contributed by atoms with Gasteiger partial charge in [0.1, 0.15) is 6.26 Å². The average Bonchev–Trinajstić information content (AvgIpc) is 3.26. The van der Waals surface area contributed by atoms with E-state index >= 15 is 0 Å². The summed E-state index contributed by atoms with van der Waals surface area (Å²) in [5, 5.41) is 6.97. The topological polar surface area (TPSA) is 93.4 Å². The van der Waals surface area contributed by atoms with Crippen LogP contribution in [0.4, 0.5) is 5.95 Å². The van der Waals surface area contributed by atoms with Crippen molar-refractivity contribution < 1.29 is 14.1 Å². The summed E-state index contributed by atoms with van der Waals surface area (Å²) in [4.78, 5) is 22.7. The summed E-state index contributed by atoms with van der Waals surface area (Å²) < 4.78 is 10.8. The molecule has 0 aliphatic carbocycles. The number of hydrogen-bond acceptors (Lipinski definition) is 7. The van der Waals surface area contributed by atoms with Crippen LogP contribution in [0, 0.1) is 0 Å². The standard InChI is InChI=1S/C16H19N5O3/c22-14(12-9-19-24-10-12)21-6-3-16(11-21)8-13(2-7-23-16)20-15-17-4-1-5-18-15/h1,4-5,9-10,13H,2-3,6-8,11H2,(H,17,18,20)/t13-,16+/m1/s1. The zero-order chi connectivity index (χ0) is 16.4. The molecule has 126 valence electrons. The smallest absolute Gasteiger partial charge is 0.258 e. The van der Waals surface area contributed by atoms with Crippen molar-refractivity contribution in [3.8, 4) is 0 Å². The normalized spacial score (nSPS) is 26.7. The van der Waals surface area contributed by atoms with E-state index in [1.54, 1.807) is 18.5 Å². The first kappa shape index (κ1) is 15.1. The molecule has 4 rings (SSSR count). The fourth-order valence-electron chi connectivity index (χ4n) is 3.50. The van der Waals surface area contributed by atoms with Gasteiger partial charge in [0.05, 0.1) is 23.9 Å². The highest BCUT2D eigenvalue weighted by molar-refractivity contribution is 5.93. The van der Waals surface area contributed by atoms with Gasteiger partial charge >= 0.3 is 0 Å². The maximum Gasteiger partial charge on any atom is 0.258 e. The van der Waals surface area contributed by atoms with E-state index in [0.717, 1.165) is 19.3 Å². The second-order valence-corrected chi connectivity index (χ2v) is 6.33. The summed E-state index contributed by atoms with van der Waals surface area (Å²) in [6.45, 7) is 1.93. The molecule has 0 bridgehead atoms. The number of aromatic nitrogens is 3. The van der Waals surface area contributed by atoms with Crippen LogP contribution in [0.25, 0.3) is 0 Å². The Labute approximate surface area is 139 Å². The van der Waals surface area contributed by atoms with Gasteiger partial charge in [0.25, 0.3) is 5.91 Å². The zero-order valence-electron chi connectivity index (χ0n) is 13.2. The lowest BCUT2D eigenvalue weighted by Crippen LogP contribution is -2.47. The second kappa shape index (κ2) is 6.20. The van der Waals surface area contributed by atoms with Crippen LogP contribution in [0.1, 0.15) is 29.6 Å². The molecule has 2 fully saturated rings. The van der Waals surface area contributed by atoms with E-state index in [1.807, 2.05) is 4.90 Å². The van der Waals surface area contributed by atoms with Crippen LogP contribution >= 0.6 is 0 Å². The van der Waals surface area contributed by atoms with Crippen LogP contribution in [-0.4, -0.2) is 57.3 Å². The van der Waals surface area contributed by atoms with Crippen LogP contribution in [-0.2, 0) is 4.74 Å². The summed E-state index contributed by atoms with van der Waals surface area (Å²) in [6, 6.07) is 2.04. The second-order valence-electron chi connectivity index (χ2n) is 6.33. The van der Waals surface area contributed by atoms with E-state index in [1.165, 1.54) is 12.5 Å². The van der Waals surface area contributed by atoms with Crippen LogP contribution in [0.3, 0.4) is 0 Å². The minimum absolute atomic E-state index is 0.0572. The molecule has 0 saturated carbocycles. The van der Waals surface area contributed by atoms with Crippen molar-refractivity contribution in [2.45, 2.75) is 30.9 Å². The molecule has 2 aromatic heterocycles. The molecule has 1 amide bonds. The van der Waals surface area contributed by atoms with Gasteiger partial charge in [0.2, 0.25) is 5.95 Å². The van der Waals surface area contributed by atoms with Crippen molar-refractivity contribution >= 4 is 11.9 Å². The SMILES string of the molecule is O=C(c1cnoc1)N1CC[C@]2(C[C@H](Nc3ncccn3)CCO2)C1. The summed E-state index contributed by atoms with van der Waals surface area (Å²) in [5.74, 6) is 0.577. The molecule has 2 aliphatic rings. The minimum Gasteiger partial charge on any atom is -0.373 e. The highest BCUT2D eigenvalue weighted by atomic mass is 16.5. The molecule has 0 unspecified atom stereocenters. The molecule has 24 heavy (non-hydrogen) atoms. The van der Waals surface area contributed by atoms with Crippen molar-refractivity contribution in [1.82, 2.24) is 20.0 Å². The Morgan fingerprint density at radius 2 is 2.25 bits per heavy atom. The summed E-state index contributed by atoms with van der Waals surface area (Å²) in [7, 11) is 0. The van der Waals surface area contributed by atoms with E-state index in [0.29, 0.717) is 31.2 Å². The van der Waals surface area contributed by atoms with E-state index < -0.39 is 0 Å². The van der Waals surface area contributed by atoms with Gasteiger partial charge in [-0.1, -0.05) is 5.16 Å². The molecular weight excluding hydrogens is 310 g/mol. The molecule has 1 N–H and O–H groups in total. The lowest BCUT2D eigenvalue weighted by molar-refractivity contribution is -0.0721. The number of likely N-dealkylation sites (tertiary alicyclic amines) is 1. The van der Waals surface area contributed by atoms with Crippen LogP contribution in [0.5, 0.6) is 0 Å². The van der Waals surface area contributed by atoms with Crippen molar-refractivity contribution in [2.24, 2.45) is 0 Å². The molecule has 2 aromatic rings. The predicted octanol–water partition coefficient (Wildman–Crippen LogP) is 1.34. The largest absolute Gasteiger partial charge is 0.373 e. The third kappa shape index (κ3) is 2.96. The first-order chi connectivity index (χ1) is 11.7. The third-order valence-electron chi connectivity index (χ3n) is 4.67. The molecule has 1 spiro atoms. The number of hydrogen-bond donors (Lipinski definition) is 1. The van der Waals surface area contributed by atoms with Crippen LogP contribution < -0.4 is 5.32 Å². The fraction of sp³-hybridized carbons (Fsp3) is 0.500. The maximum absolute atomic E-state index is 12.4.